The van der Waals surface area contributed by atoms with Gasteiger partial charge in [-0.3, -0.25) is 9.59 Å². The molecule has 1 heterocycles. The summed E-state index contributed by atoms with van der Waals surface area (Å²) in [6, 6.07) is 25.8. The van der Waals surface area contributed by atoms with Gasteiger partial charge in [-0.25, -0.2) is 0 Å². The van der Waals surface area contributed by atoms with Crippen LogP contribution in [0.4, 0.5) is 5.69 Å². The van der Waals surface area contributed by atoms with Gasteiger partial charge < -0.3 is 10.2 Å². The van der Waals surface area contributed by atoms with E-state index in [1.54, 1.807) is 11.8 Å². The molecule has 164 valence electrons. The highest BCUT2D eigenvalue weighted by atomic mass is 32.2. The number of carbonyl (C=O) groups excluding carboxylic acids is 2. The van der Waals surface area contributed by atoms with Gasteiger partial charge in [-0.1, -0.05) is 74.5 Å². The number of nitrogens with zero attached hydrogens (tertiary/aromatic N) is 1. The van der Waals surface area contributed by atoms with E-state index in [2.05, 4.69) is 31.3 Å². The minimum Gasteiger partial charge on any atom is -0.326 e. The summed E-state index contributed by atoms with van der Waals surface area (Å²) < 4.78 is 0. The highest BCUT2D eigenvalue weighted by Gasteiger charge is 2.32. The second-order valence-electron chi connectivity index (χ2n) is 8.30. The van der Waals surface area contributed by atoms with Gasteiger partial charge in [-0.2, -0.15) is 0 Å². The molecule has 3 aromatic carbocycles. The van der Waals surface area contributed by atoms with E-state index in [9.17, 15) is 9.59 Å². The predicted molar refractivity (Wildman–Crippen MR) is 132 cm³/mol. The Hall–Kier alpha value is -3.05. The molecule has 32 heavy (non-hydrogen) atoms. The third-order valence-electron chi connectivity index (χ3n) is 5.74. The fourth-order valence-electron chi connectivity index (χ4n) is 3.97. The molecule has 4 nitrogen and oxygen atoms in total. The number of carbonyl (C=O) groups is 2. The van der Waals surface area contributed by atoms with Crippen LogP contribution in [0.3, 0.4) is 0 Å². The fourth-order valence-corrected chi connectivity index (χ4v) is 5.19. The first-order valence-corrected chi connectivity index (χ1v) is 12.0. The van der Waals surface area contributed by atoms with Crippen molar-refractivity contribution in [1.29, 1.82) is 0 Å². The molecule has 1 aliphatic heterocycles. The molecular formula is C27H28N2O2S. The lowest BCUT2D eigenvalue weighted by atomic mass is 10.0. The zero-order valence-corrected chi connectivity index (χ0v) is 19.3. The molecule has 0 aromatic heterocycles. The molecule has 0 radical (unpaired) electrons. The normalized spacial score (nSPS) is 15.9. The zero-order valence-electron chi connectivity index (χ0n) is 18.5. The standard InChI is InChI=1S/C27H28N2O2S/c1-19(2)23-10-6-7-11-24(23)28-26(31)21-12-14-22(15-13-21)27-29(25(30)18-32-27)17-16-20-8-4-3-5-9-20/h3-15,19,27H,16-18H2,1-2H3,(H,28,31)/t27-/m1/s1. The molecular weight excluding hydrogens is 416 g/mol. The number of benzene rings is 3. The van der Waals surface area contributed by atoms with E-state index >= 15 is 0 Å². The summed E-state index contributed by atoms with van der Waals surface area (Å²) in [5.74, 6) is 0.865. The van der Waals surface area contributed by atoms with Crippen LogP contribution in [0, 0.1) is 0 Å². The van der Waals surface area contributed by atoms with Crippen LogP contribution in [0.5, 0.6) is 0 Å². The van der Waals surface area contributed by atoms with Crippen LogP contribution >= 0.6 is 11.8 Å². The van der Waals surface area contributed by atoms with Crippen molar-refractivity contribution in [3.05, 3.63) is 101 Å². The van der Waals surface area contributed by atoms with E-state index in [-0.39, 0.29) is 17.2 Å². The Morgan fingerprint density at radius 2 is 1.69 bits per heavy atom. The Morgan fingerprint density at radius 3 is 2.41 bits per heavy atom. The average molecular weight is 445 g/mol. The van der Waals surface area contributed by atoms with Crippen LogP contribution in [0.15, 0.2) is 78.9 Å². The first-order chi connectivity index (χ1) is 15.5. The summed E-state index contributed by atoms with van der Waals surface area (Å²) >= 11 is 1.64. The number of hydrogen-bond donors (Lipinski definition) is 1. The Morgan fingerprint density at radius 1 is 1.00 bits per heavy atom. The van der Waals surface area contributed by atoms with Crippen molar-refractivity contribution in [3.63, 3.8) is 0 Å². The molecule has 0 spiro atoms. The van der Waals surface area contributed by atoms with Crippen LogP contribution in [-0.2, 0) is 11.2 Å². The quantitative estimate of drug-likeness (QED) is 0.495. The molecule has 1 fully saturated rings. The van der Waals surface area contributed by atoms with Gasteiger partial charge in [0.05, 0.1) is 5.75 Å². The van der Waals surface area contributed by atoms with E-state index in [0.29, 0.717) is 23.8 Å². The van der Waals surface area contributed by atoms with Gasteiger partial charge in [0.25, 0.3) is 5.91 Å². The highest BCUT2D eigenvalue weighted by molar-refractivity contribution is 8.00. The largest absolute Gasteiger partial charge is 0.326 e. The van der Waals surface area contributed by atoms with E-state index in [0.717, 1.165) is 23.2 Å². The molecule has 5 heteroatoms. The van der Waals surface area contributed by atoms with Crippen molar-refractivity contribution >= 4 is 29.3 Å². The van der Waals surface area contributed by atoms with Gasteiger partial charge in [-0.15, -0.1) is 11.8 Å². The van der Waals surface area contributed by atoms with Gasteiger partial charge in [-0.05, 0) is 47.2 Å². The van der Waals surface area contributed by atoms with Crippen molar-refractivity contribution < 1.29 is 9.59 Å². The maximum atomic E-state index is 12.8. The molecule has 1 atom stereocenters. The van der Waals surface area contributed by atoms with E-state index in [4.69, 9.17) is 0 Å². The first kappa shape index (κ1) is 22.2. The smallest absolute Gasteiger partial charge is 0.255 e. The monoisotopic (exact) mass is 444 g/mol. The van der Waals surface area contributed by atoms with Gasteiger partial charge in [0.15, 0.2) is 0 Å². The number of rotatable bonds is 7. The fraction of sp³-hybridized carbons (Fsp3) is 0.259. The summed E-state index contributed by atoms with van der Waals surface area (Å²) in [6.07, 6.45) is 0.833. The lowest BCUT2D eigenvalue weighted by molar-refractivity contribution is -0.128. The third-order valence-corrected chi connectivity index (χ3v) is 7.00. The van der Waals surface area contributed by atoms with Crippen molar-refractivity contribution in [2.24, 2.45) is 0 Å². The molecule has 3 aromatic rings. The van der Waals surface area contributed by atoms with Gasteiger partial charge >= 0.3 is 0 Å². The molecule has 1 N–H and O–H groups in total. The number of amides is 2. The molecule has 0 bridgehead atoms. The summed E-state index contributed by atoms with van der Waals surface area (Å²) in [6.45, 7) is 4.92. The molecule has 0 unspecified atom stereocenters. The third kappa shape index (κ3) is 5.05. The summed E-state index contributed by atoms with van der Waals surface area (Å²) in [5, 5.41) is 3.03. The SMILES string of the molecule is CC(C)c1ccccc1NC(=O)c1ccc([C@H]2SCC(=O)N2CCc2ccccc2)cc1. The predicted octanol–water partition coefficient (Wildman–Crippen LogP) is 5.88. The van der Waals surface area contributed by atoms with Crippen molar-refractivity contribution in [2.45, 2.75) is 31.6 Å². The number of para-hydroxylation sites is 1. The van der Waals surface area contributed by atoms with Crippen LogP contribution in [0.25, 0.3) is 0 Å². The lowest BCUT2D eigenvalue weighted by Crippen LogP contribution is -2.30. The number of nitrogens with one attached hydrogen (secondary N) is 1. The summed E-state index contributed by atoms with van der Waals surface area (Å²) in [7, 11) is 0. The van der Waals surface area contributed by atoms with Crippen molar-refractivity contribution in [3.8, 4) is 0 Å². The van der Waals surface area contributed by atoms with E-state index in [1.807, 2.05) is 71.6 Å². The van der Waals surface area contributed by atoms with Crippen molar-refractivity contribution in [1.82, 2.24) is 4.90 Å². The summed E-state index contributed by atoms with van der Waals surface area (Å²) in [5.41, 5.74) is 4.85. The first-order valence-electron chi connectivity index (χ1n) is 11.0. The minimum absolute atomic E-state index is 0.00927. The van der Waals surface area contributed by atoms with Crippen LogP contribution in [-0.4, -0.2) is 29.0 Å². The maximum absolute atomic E-state index is 12.8. The molecule has 4 rings (SSSR count). The van der Waals surface area contributed by atoms with Gasteiger partial charge in [0, 0.05) is 17.8 Å². The van der Waals surface area contributed by atoms with Crippen LogP contribution in [0.1, 0.15) is 52.2 Å². The molecule has 2 amide bonds. The molecule has 0 aliphatic carbocycles. The van der Waals surface area contributed by atoms with Crippen molar-refractivity contribution in [2.75, 3.05) is 17.6 Å². The summed E-state index contributed by atoms with van der Waals surface area (Å²) in [4.78, 5) is 27.3. The maximum Gasteiger partial charge on any atom is 0.255 e. The Bertz CT molecular complexity index is 1080. The van der Waals surface area contributed by atoms with E-state index < -0.39 is 0 Å². The highest BCUT2D eigenvalue weighted by Crippen LogP contribution is 2.38. The second kappa shape index (κ2) is 10.0. The molecule has 1 saturated heterocycles. The Kier molecular flexibility index (Phi) is 6.96. The topological polar surface area (TPSA) is 49.4 Å². The number of anilines is 1. The minimum atomic E-state index is -0.124. The Balaban J connectivity index is 1.44. The molecule has 1 aliphatic rings. The lowest BCUT2D eigenvalue weighted by Gasteiger charge is -2.24. The van der Waals surface area contributed by atoms with Crippen LogP contribution < -0.4 is 5.32 Å². The number of hydrogen-bond acceptors (Lipinski definition) is 3. The van der Waals surface area contributed by atoms with Gasteiger partial charge in [0.1, 0.15) is 5.37 Å². The average Bonchev–Trinajstić information content (AvgIpc) is 3.19. The second-order valence-corrected chi connectivity index (χ2v) is 9.37. The number of thioether (sulfide) groups is 1. The zero-order chi connectivity index (χ0) is 22.5. The van der Waals surface area contributed by atoms with Crippen LogP contribution in [0.2, 0.25) is 0 Å². The van der Waals surface area contributed by atoms with Gasteiger partial charge in [0.2, 0.25) is 5.91 Å². The molecule has 0 saturated carbocycles. The van der Waals surface area contributed by atoms with E-state index in [1.165, 1.54) is 5.56 Å². The Labute approximate surface area is 194 Å².